The van der Waals surface area contributed by atoms with Crippen LogP contribution in [0.25, 0.3) is 5.69 Å². The van der Waals surface area contributed by atoms with Gasteiger partial charge in [0, 0.05) is 12.1 Å². The van der Waals surface area contributed by atoms with Gasteiger partial charge >= 0.3 is 0 Å². The first-order valence-corrected chi connectivity index (χ1v) is 8.27. The fraction of sp³-hybridized carbons (Fsp3) is 0.438. The molecule has 2 aromatic rings. The van der Waals surface area contributed by atoms with Gasteiger partial charge in [0.05, 0.1) is 16.4 Å². The molecule has 0 bridgehead atoms. The monoisotopic (exact) mass is 387 g/mol. The smallest absolute Gasteiger partial charge is 0.274 e. The van der Waals surface area contributed by atoms with Crippen LogP contribution in [0.4, 0.5) is 4.39 Å². The molecule has 0 radical (unpaired) electrons. The standard InChI is InChI=1S/C16H19ClFN5O.ClH/c1-9-14(4-3-7-19-9)20-16(24)15-10(2)23(22-21-15)11-5-6-13(18)12(17)8-11;/h5-6,8-9,14,19H,3-4,7H2,1-2H3,(H,20,24);1H. The third-order valence-corrected chi connectivity index (χ3v) is 4.63. The van der Waals surface area contributed by atoms with Crippen LogP contribution in [-0.4, -0.2) is 39.5 Å². The minimum atomic E-state index is -0.505. The molecule has 1 fully saturated rings. The normalized spacial score (nSPS) is 20.0. The van der Waals surface area contributed by atoms with Crippen molar-refractivity contribution in [3.05, 3.63) is 40.4 Å². The maximum Gasteiger partial charge on any atom is 0.274 e. The Morgan fingerprint density at radius 1 is 1.48 bits per heavy atom. The molecule has 2 heterocycles. The number of rotatable bonds is 3. The van der Waals surface area contributed by atoms with Gasteiger partial charge in [0.1, 0.15) is 5.82 Å². The first-order valence-electron chi connectivity index (χ1n) is 7.89. The quantitative estimate of drug-likeness (QED) is 0.848. The van der Waals surface area contributed by atoms with Crippen LogP contribution in [0.15, 0.2) is 18.2 Å². The van der Waals surface area contributed by atoms with E-state index in [1.165, 1.54) is 22.9 Å². The van der Waals surface area contributed by atoms with Gasteiger partial charge in [0.15, 0.2) is 5.69 Å². The van der Waals surface area contributed by atoms with Crippen LogP contribution >= 0.6 is 24.0 Å². The molecule has 1 aliphatic rings. The van der Waals surface area contributed by atoms with E-state index in [1.807, 2.05) is 6.92 Å². The van der Waals surface area contributed by atoms with Crippen LogP contribution in [0.2, 0.25) is 5.02 Å². The lowest BCUT2D eigenvalue weighted by molar-refractivity contribution is 0.0914. The number of hydrogen-bond donors (Lipinski definition) is 2. The van der Waals surface area contributed by atoms with Gasteiger partial charge in [-0.15, -0.1) is 17.5 Å². The molecule has 6 nitrogen and oxygen atoms in total. The van der Waals surface area contributed by atoms with Crippen LogP contribution in [-0.2, 0) is 0 Å². The summed E-state index contributed by atoms with van der Waals surface area (Å²) in [6.07, 6.45) is 1.95. The van der Waals surface area contributed by atoms with E-state index in [0.717, 1.165) is 19.4 Å². The molecule has 3 rings (SSSR count). The summed E-state index contributed by atoms with van der Waals surface area (Å²) in [6, 6.07) is 4.53. The summed E-state index contributed by atoms with van der Waals surface area (Å²) in [5.74, 6) is -0.762. The van der Waals surface area contributed by atoms with Gasteiger partial charge in [0.2, 0.25) is 0 Å². The second kappa shape index (κ2) is 8.12. The first kappa shape index (κ1) is 19.6. The summed E-state index contributed by atoms with van der Waals surface area (Å²) < 4.78 is 14.8. The lowest BCUT2D eigenvalue weighted by Gasteiger charge is -2.30. The molecule has 2 atom stereocenters. The van der Waals surface area contributed by atoms with Gasteiger partial charge in [-0.05, 0) is 51.4 Å². The van der Waals surface area contributed by atoms with Crippen LogP contribution in [0.3, 0.4) is 0 Å². The average Bonchev–Trinajstić information content (AvgIpc) is 2.94. The largest absolute Gasteiger partial charge is 0.346 e. The highest BCUT2D eigenvalue weighted by Gasteiger charge is 2.25. The number of nitrogens with zero attached hydrogens (tertiary/aromatic N) is 3. The topological polar surface area (TPSA) is 71.8 Å². The predicted octanol–water partition coefficient (Wildman–Crippen LogP) is 2.66. The second-order valence-corrected chi connectivity index (χ2v) is 6.41. The Kier molecular flexibility index (Phi) is 6.37. The van der Waals surface area contributed by atoms with E-state index in [-0.39, 0.29) is 41.1 Å². The van der Waals surface area contributed by atoms with Crippen molar-refractivity contribution in [2.24, 2.45) is 0 Å². The van der Waals surface area contributed by atoms with E-state index in [0.29, 0.717) is 11.4 Å². The Morgan fingerprint density at radius 3 is 2.92 bits per heavy atom. The van der Waals surface area contributed by atoms with E-state index in [2.05, 4.69) is 20.9 Å². The van der Waals surface area contributed by atoms with Crippen molar-refractivity contribution in [2.75, 3.05) is 6.54 Å². The summed E-state index contributed by atoms with van der Waals surface area (Å²) in [5.41, 5.74) is 1.39. The summed E-state index contributed by atoms with van der Waals surface area (Å²) >= 11 is 5.81. The molecule has 0 aliphatic carbocycles. The maximum atomic E-state index is 13.3. The highest BCUT2D eigenvalue weighted by atomic mass is 35.5. The number of carbonyl (C=O) groups excluding carboxylic acids is 1. The molecule has 136 valence electrons. The number of amides is 1. The molecule has 0 spiro atoms. The average molecular weight is 388 g/mol. The fourth-order valence-electron chi connectivity index (χ4n) is 2.88. The number of piperidine rings is 1. The number of halogens is 3. The van der Waals surface area contributed by atoms with Crippen LogP contribution in [0.1, 0.15) is 35.9 Å². The molecule has 1 aromatic carbocycles. The Labute approximate surface area is 156 Å². The van der Waals surface area contributed by atoms with Gasteiger partial charge in [-0.25, -0.2) is 9.07 Å². The van der Waals surface area contributed by atoms with E-state index >= 15 is 0 Å². The summed E-state index contributed by atoms with van der Waals surface area (Å²) in [6.45, 7) is 4.76. The van der Waals surface area contributed by atoms with Crippen molar-refractivity contribution < 1.29 is 9.18 Å². The molecule has 0 saturated carbocycles. The zero-order valence-electron chi connectivity index (χ0n) is 13.9. The minimum absolute atomic E-state index is 0. The van der Waals surface area contributed by atoms with Gasteiger partial charge < -0.3 is 10.6 Å². The summed E-state index contributed by atoms with van der Waals surface area (Å²) in [7, 11) is 0. The molecule has 1 aliphatic heterocycles. The molecule has 1 aromatic heterocycles. The SMILES string of the molecule is Cc1c(C(=O)NC2CCCNC2C)nnn1-c1ccc(F)c(Cl)c1.Cl. The van der Waals surface area contributed by atoms with E-state index in [9.17, 15) is 9.18 Å². The van der Waals surface area contributed by atoms with E-state index in [1.54, 1.807) is 6.92 Å². The number of hydrogen-bond acceptors (Lipinski definition) is 4. The zero-order chi connectivity index (χ0) is 17.3. The van der Waals surface area contributed by atoms with Gasteiger partial charge in [-0.2, -0.15) is 0 Å². The van der Waals surface area contributed by atoms with Crippen molar-refractivity contribution in [1.82, 2.24) is 25.6 Å². The lowest BCUT2D eigenvalue weighted by atomic mass is 10.00. The Morgan fingerprint density at radius 2 is 2.24 bits per heavy atom. The van der Waals surface area contributed by atoms with Crippen molar-refractivity contribution in [3.8, 4) is 5.69 Å². The third-order valence-electron chi connectivity index (χ3n) is 4.34. The maximum absolute atomic E-state index is 13.3. The Balaban J connectivity index is 0.00000225. The summed E-state index contributed by atoms with van der Waals surface area (Å²) in [5, 5.41) is 14.3. The second-order valence-electron chi connectivity index (χ2n) is 6.00. The van der Waals surface area contributed by atoms with Crippen molar-refractivity contribution in [3.63, 3.8) is 0 Å². The number of nitrogens with one attached hydrogen (secondary N) is 2. The molecule has 9 heteroatoms. The van der Waals surface area contributed by atoms with Crippen LogP contribution in [0, 0.1) is 12.7 Å². The summed E-state index contributed by atoms with van der Waals surface area (Å²) in [4.78, 5) is 12.5. The highest BCUT2D eigenvalue weighted by Crippen LogP contribution is 2.20. The third kappa shape index (κ3) is 4.11. The van der Waals surface area contributed by atoms with Gasteiger partial charge in [-0.3, -0.25) is 4.79 Å². The highest BCUT2D eigenvalue weighted by molar-refractivity contribution is 6.30. The van der Waals surface area contributed by atoms with Crippen molar-refractivity contribution in [1.29, 1.82) is 0 Å². The number of carbonyl (C=O) groups is 1. The van der Waals surface area contributed by atoms with Crippen LogP contribution < -0.4 is 10.6 Å². The molecular formula is C16H20Cl2FN5O. The Bertz CT molecular complexity index is 767. The Hall–Kier alpha value is -1.70. The van der Waals surface area contributed by atoms with Crippen molar-refractivity contribution >= 4 is 29.9 Å². The molecular weight excluding hydrogens is 368 g/mol. The fourth-order valence-corrected chi connectivity index (χ4v) is 3.05. The number of benzene rings is 1. The molecule has 1 saturated heterocycles. The molecule has 1 amide bonds. The molecule has 25 heavy (non-hydrogen) atoms. The first-order chi connectivity index (χ1) is 11.5. The predicted molar refractivity (Wildman–Crippen MR) is 96.3 cm³/mol. The zero-order valence-corrected chi connectivity index (χ0v) is 15.5. The van der Waals surface area contributed by atoms with Gasteiger partial charge in [-0.1, -0.05) is 16.8 Å². The van der Waals surface area contributed by atoms with Crippen LogP contribution in [0.5, 0.6) is 0 Å². The minimum Gasteiger partial charge on any atom is -0.346 e. The van der Waals surface area contributed by atoms with Gasteiger partial charge in [0.25, 0.3) is 5.91 Å². The molecule has 2 unspecified atom stereocenters. The number of aromatic nitrogens is 3. The lowest BCUT2D eigenvalue weighted by Crippen LogP contribution is -2.52. The van der Waals surface area contributed by atoms with E-state index in [4.69, 9.17) is 11.6 Å². The molecule has 2 N–H and O–H groups in total. The van der Waals surface area contributed by atoms with E-state index < -0.39 is 5.82 Å². The van der Waals surface area contributed by atoms with Crippen molar-refractivity contribution in [2.45, 2.75) is 38.8 Å².